The van der Waals surface area contributed by atoms with Gasteiger partial charge in [0.05, 0.1) is 11.6 Å². The molecule has 0 bridgehead atoms. The van der Waals surface area contributed by atoms with Gasteiger partial charge in [0.1, 0.15) is 0 Å². The molecule has 0 radical (unpaired) electrons. The number of aryl methyl sites for hydroxylation is 1. The number of benzene rings is 2. The van der Waals surface area contributed by atoms with Crippen LogP contribution in [0.4, 0.5) is 0 Å². The maximum Gasteiger partial charge on any atom is 0.0998 e. The zero-order valence-corrected chi connectivity index (χ0v) is 11.8. The molecule has 0 amide bonds. The number of nitriles is 1. The molecule has 2 aromatic carbocycles. The summed E-state index contributed by atoms with van der Waals surface area (Å²) in [7, 11) is 1.74. The van der Waals surface area contributed by atoms with E-state index in [-0.39, 0.29) is 0 Å². The van der Waals surface area contributed by atoms with Crippen molar-refractivity contribution in [3.8, 4) is 17.2 Å². The second-order valence-electron chi connectivity index (χ2n) is 4.80. The third-order valence-corrected chi connectivity index (χ3v) is 3.38. The van der Waals surface area contributed by atoms with Crippen LogP contribution >= 0.6 is 0 Å². The first-order chi connectivity index (χ1) is 9.85. The SMILES string of the molecule is COCCCCc1ccc(-c2ccccc2C#N)cc1. The highest BCUT2D eigenvalue weighted by Crippen LogP contribution is 2.23. The Kier molecular flexibility index (Phi) is 5.34. The molecule has 0 aromatic heterocycles. The molecule has 0 atom stereocenters. The van der Waals surface area contributed by atoms with Crippen molar-refractivity contribution in [2.24, 2.45) is 0 Å². The number of rotatable bonds is 6. The van der Waals surface area contributed by atoms with Crippen LogP contribution in [0, 0.1) is 11.3 Å². The summed E-state index contributed by atoms with van der Waals surface area (Å²) in [6, 6.07) is 18.4. The Morgan fingerprint density at radius 1 is 1.00 bits per heavy atom. The summed E-state index contributed by atoms with van der Waals surface area (Å²) in [4.78, 5) is 0. The van der Waals surface area contributed by atoms with E-state index in [1.165, 1.54) is 5.56 Å². The molecular weight excluding hydrogens is 246 g/mol. The van der Waals surface area contributed by atoms with Crippen molar-refractivity contribution in [1.29, 1.82) is 5.26 Å². The molecule has 0 N–H and O–H groups in total. The van der Waals surface area contributed by atoms with Gasteiger partial charge in [0.15, 0.2) is 0 Å². The van der Waals surface area contributed by atoms with Gasteiger partial charge in [-0.05, 0) is 42.0 Å². The number of hydrogen-bond donors (Lipinski definition) is 0. The zero-order chi connectivity index (χ0) is 14.2. The minimum absolute atomic E-state index is 0.723. The standard InChI is InChI=1S/C18H19NO/c1-20-13-5-4-6-15-9-11-16(12-10-15)18-8-3-2-7-17(18)14-19/h2-3,7-12H,4-6,13H2,1H3. The van der Waals surface area contributed by atoms with E-state index in [4.69, 9.17) is 10.00 Å². The van der Waals surface area contributed by atoms with E-state index in [2.05, 4.69) is 30.3 Å². The number of methoxy groups -OCH3 is 1. The van der Waals surface area contributed by atoms with E-state index >= 15 is 0 Å². The molecule has 0 fully saturated rings. The third kappa shape index (κ3) is 3.69. The van der Waals surface area contributed by atoms with Crippen LogP contribution in [-0.2, 0) is 11.2 Å². The third-order valence-electron chi connectivity index (χ3n) is 3.38. The van der Waals surface area contributed by atoms with E-state index in [9.17, 15) is 0 Å². The van der Waals surface area contributed by atoms with Crippen molar-refractivity contribution in [3.05, 3.63) is 59.7 Å². The van der Waals surface area contributed by atoms with Gasteiger partial charge in [0.2, 0.25) is 0 Å². The molecule has 20 heavy (non-hydrogen) atoms. The summed E-state index contributed by atoms with van der Waals surface area (Å²) in [6.07, 6.45) is 3.31. The molecule has 0 aliphatic rings. The lowest BCUT2D eigenvalue weighted by atomic mass is 9.98. The second kappa shape index (κ2) is 7.47. The Labute approximate surface area is 120 Å². The lowest BCUT2D eigenvalue weighted by Gasteiger charge is -2.06. The molecule has 102 valence electrons. The van der Waals surface area contributed by atoms with Gasteiger partial charge in [-0.25, -0.2) is 0 Å². The summed E-state index contributed by atoms with van der Waals surface area (Å²) in [5.74, 6) is 0. The van der Waals surface area contributed by atoms with Gasteiger partial charge in [-0.15, -0.1) is 0 Å². The fraction of sp³-hybridized carbons (Fsp3) is 0.278. The van der Waals surface area contributed by atoms with E-state index in [1.807, 2.05) is 24.3 Å². The monoisotopic (exact) mass is 265 g/mol. The Morgan fingerprint density at radius 2 is 1.75 bits per heavy atom. The summed E-state index contributed by atoms with van der Waals surface area (Å²) in [6.45, 7) is 0.827. The molecule has 0 heterocycles. The van der Waals surface area contributed by atoms with Gasteiger partial charge in [-0.2, -0.15) is 5.26 Å². The normalized spacial score (nSPS) is 10.2. The zero-order valence-electron chi connectivity index (χ0n) is 11.8. The Hall–Kier alpha value is -2.11. The summed E-state index contributed by atoms with van der Waals surface area (Å²) in [5.41, 5.74) is 4.16. The van der Waals surface area contributed by atoms with E-state index in [0.717, 1.165) is 42.6 Å². The molecule has 2 nitrogen and oxygen atoms in total. The van der Waals surface area contributed by atoms with Crippen LogP contribution in [0.15, 0.2) is 48.5 Å². The minimum Gasteiger partial charge on any atom is -0.385 e. The number of ether oxygens (including phenoxy) is 1. The van der Waals surface area contributed by atoms with Gasteiger partial charge in [-0.3, -0.25) is 0 Å². The van der Waals surface area contributed by atoms with Crippen molar-refractivity contribution in [2.45, 2.75) is 19.3 Å². The van der Waals surface area contributed by atoms with Crippen LogP contribution < -0.4 is 0 Å². The number of nitrogens with zero attached hydrogens (tertiary/aromatic N) is 1. The van der Waals surface area contributed by atoms with Crippen molar-refractivity contribution >= 4 is 0 Å². The Balaban J connectivity index is 2.06. The summed E-state index contributed by atoms with van der Waals surface area (Å²) in [5, 5.41) is 9.14. The van der Waals surface area contributed by atoms with Crippen LogP contribution in [0.1, 0.15) is 24.0 Å². The van der Waals surface area contributed by atoms with E-state index in [0.29, 0.717) is 0 Å². The average molecular weight is 265 g/mol. The second-order valence-corrected chi connectivity index (χ2v) is 4.80. The molecule has 2 aromatic rings. The van der Waals surface area contributed by atoms with Gasteiger partial charge < -0.3 is 4.74 Å². The van der Waals surface area contributed by atoms with Gasteiger partial charge >= 0.3 is 0 Å². The van der Waals surface area contributed by atoms with Crippen LogP contribution in [0.5, 0.6) is 0 Å². The molecule has 0 unspecified atom stereocenters. The first kappa shape index (κ1) is 14.3. The van der Waals surface area contributed by atoms with Crippen molar-refractivity contribution < 1.29 is 4.74 Å². The predicted molar refractivity (Wildman–Crippen MR) is 81.4 cm³/mol. The first-order valence-corrected chi connectivity index (χ1v) is 6.92. The highest BCUT2D eigenvalue weighted by atomic mass is 16.5. The largest absolute Gasteiger partial charge is 0.385 e. The topological polar surface area (TPSA) is 33.0 Å². The molecule has 2 heteroatoms. The maximum absolute atomic E-state index is 9.14. The van der Waals surface area contributed by atoms with Crippen molar-refractivity contribution in [1.82, 2.24) is 0 Å². The van der Waals surface area contributed by atoms with Crippen LogP contribution in [-0.4, -0.2) is 13.7 Å². The first-order valence-electron chi connectivity index (χ1n) is 6.92. The fourth-order valence-corrected chi connectivity index (χ4v) is 2.26. The highest BCUT2D eigenvalue weighted by molar-refractivity contribution is 5.70. The molecule has 0 saturated heterocycles. The highest BCUT2D eigenvalue weighted by Gasteiger charge is 2.03. The smallest absolute Gasteiger partial charge is 0.0998 e. The van der Waals surface area contributed by atoms with Gasteiger partial charge in [0, 0.05) is 13.7 Å². The summed E-state index contributed by atoms with van der Waals surface area (Å²) >= 11 is 0. The lowest BCUT2D eigenvalue weighted by Crippen LogP contribution is -1.91. The van der Waals surface area contributed by atoms with Crippen LogP contribution in [0.25, 0.3) is 11.1 Å². The quantitative estimate of drug-likeness (QED) is 0.733. The minimum atomic E-state index is 0.723. The maximum atomic E-state index is 9.14. The van der Waals surface area contributed by atoms with E-state index < -0.39 is 0 Å². The predicted octanol–water partition coefficient (Wildman–Crippen LogP) is 4.19. The number of unbranched alkanes of at least 4 members (excludes halogenated alkanes) is 1. The molecule has 0 spiro atoms. The molecule has 0 aliphatic heterocycles. The Bertz CT molecular complexity index is 581. The van der Waals surface area contributed by atoms with Crippen molar-refractivity contribution in [3.63, 3.8) is 0 Å². The molecule has 2 rings (SSSR count). The number of hydrogen-bond acceptors (Lipinski definition) is 2. The molecular formula is C18H19NO. The van der Waals surface area contributed by atoms with Crippen LogP contribution in [0.2, 0.25) is 0 Å². The van der Waals surface area contributed by atoms with Crippen LogP contribution in [0.3, 0.4) is 0 Å². The Morgan fingerprint density at radius 3 is 2.45 bits per heavy atom. The lowest BCUT2D eigenvalue weighted by molar-refractivity contribution is 0.193. The van der Waals surface area contributed by atoms with Crippen molar-refractivity contribution in [2.75, 3.05) is 13.7 Å². The average Bonchev–Trinajstić information content (AvgIpc) is 2.52. The van der Waals surface area contributed by atoms with E-state index in [1.54, 1.807) is 7.11 Å². The van der Waals surface area contributed by atoms with Gasteiger partial charge in [0.25, 0.3) is 0 Å². The molecule has 0 saturated carbocycles. The van der Waals surface area contributed by atoms with Gasteiger partial charge in [-0.1, -0.05) is 42.5 Å². The summed E-state index contributed by atoms with van der Waals surface area (Å²) < 4.78 is 5.05. The molecule has 0 aliphatic carbocycles. The fourth-order valence-electron chi connectivity index (χ4n) is 2.26.